The van der Waals surface area contributed by atoms with Crippen LogP contribution < -0.4 is 9.47 Å². The number of rotatable bonds is 8. The van der Waals surface area contributed by atoms with Gasteiger partial charge in [0.2, 0.25) is 0 Å². The van der Waals surface area contributed by atoms with Gasteiger partial charge in [0.05, 0.1) is 33.6 Å². The number of nitrogens with zero attached hydrogens (tertiary/aromatic N) is 1. The Hall–Kier alpha value is -1.48. The molecule has 0 atom stereocenters. The lowest BCUT2D eigenvalue weighted by atomic mass is 10.1. The third-order valence-electron chi connectivity index (χ3n) is 3.72. The first kappa shape index (κ1) is 18.9. The van der Waals surface area contributed by atoms with E-state index in [0.717, 1.165) is 17.1 Å². The Morgan fingerprint density at radius 1 is 0.875 bits per heavy atom. The van der Waals surface area contributed by atoms with Crippen molar-refractivity contribution in [2.24, 2.45) is 0 Å². The molecule has 0 heterocycles. The van der Waals surface area contributed by atoms with Crippen LogP contribution in [-0.2, 0) is 0 Å². The minimum Gasteiger partial charge on any atom is -0.497 e. The first-order valence-corrected chi connectivity index (χ1v) is 13.0. The van der Waals surface area contributed by atoms with Crippen LogP contribution in [0, 0.1) is 0 Å². The average molecular weight is 376 g/mol. The maximum Gasteiger partial charge on any atom is 0.120 e. The largest absolute Gasteiger partial charge is 0.497 e. The second-order valence-corrected chi connectivity index (χ2v) is 11.0. The SMILES string of the molecule is COc1ccc(/C=C\c2ccc(OC)cc2SN([SiH2]C)[SiH2]C)cc1. The summed E-state index contributed by atoms with van der Waals surface area (Å²) in [5, 5.41) is 0. The number of hydrogen-bond donors (Lipinski definition) is 0. The summed E-state index contributed by atoms with van der Waals surface area (Å²) >= 11 is 1.89. The zero-order valence-electron chi connectivity index (χ0n) is 14.8. The Bertz CT molecular complexity index is 673. The maximum absolute atomic E-state index is 5.40. The van der Waals surface area contributed by atoms with Crippen LogP contribution in [0.2, 0.25) is 13.1 Å². The van der Waals surface area contributed by atoms with Crippen LogP contribution in [0.1, 0.15) is 11.1 Å². The van der Waals surface area contributed by atoms with E-state index in [4.69, 9.17) is 9.47 Å². The summed E-state index contributed by atoms with van der Waals surface area (Å²) in [6, 6.07) is 14.4. The second kappa shape index (κ2) is 9.73. The van der Waals surface area contributed by atoms with Crippen LogP contribution in [0.25, 0.3) is 12.2 Å². The molecule has 3 nitrogen and oxygen atoms in total. The quantitative estimate of drug-likeness (QED) is 0.400. The molecule has 0 bridgehead atoms. The normalized spacial score (nSPS) is 12.2. The van der Waals surface area contributed by atoms with Crippen molar-refractivity contribution in [3.63, 3.8) is 0 Å². The third-order valence-corrected chi connectivity index (χ3v) is 11.0. The minimum absolute atomic E-state index is 0.143. The Kier molecular flexibility index (Phi) is 7.65. The van der Waals surface area contributed by atoms with Gasteiger partial charge in [-0.25, -0.2) is 0 Å². The fourth-order valence-corrected chi connectivity index (χ4v) is 6.60. The zero-order chi connectivity index (χ0) is 17.4. The van der Waals surface area contributed by atoms with E-state index in [0.29, 0.717) is 0 Å². The van der Waals surface area contributed by atoms with Crippen LogP contribution in [0.15, 0.2) is 47.4 Å². The van der Waals surface area contributed by atoms with Gasteiger partial charge in [-0.2, -0.15) is 0 Å². The maximum atomic E-state index is 5.40. The molecule has 2 aromatic carbocycles. The van der Waals surface area contributed by atoms with Gasteiger partial charge in [-0.1, -0.05) is 55.4 Å². The number of ether oxygens (including phenoxy) is 2. The van der Waals surface area contributed by atoms with E-state index in [-0.39, 0.29) is 19.4 Å². The molecule has 0 N–H and O–H groups in total. The summed E-state index contributed by atoms with van der Waals surface area (Å²) < 4.78 is 13.2. The molecule has 0 radical (unpaired) electrons. The summed E-state index contributed by atoms with van der Waals surface area (Å²) in [6.07, 6.45) is 4.32. The molecular formula is C18H25NO2SSi2. The second-order valence-electron chi connectivity index (χ2n) is 5.22. The smallest absolute Gasteiger partial charge is 0.120 e. The summed E-state index contributed by atoms with van der Waals surface area (Å²) in [4.78, 5) is 1.27. The molecule has 0 amide bonds. The lowest BCUT2D eigenvalue weighted by molar-refractivity contribution is 0.413. The standard InChI is InChI=1S/C18H25NO2SSi2/c1-20-16-10-6-14(7-11-16)5-8-15-9-12-17(21-2)13-18(15)22-19(23-3)24-4/h5-13H,23-24H2,1-4H3/b8-5-. The van der Waals surface area contributed by atoms with E-state index in [1.807, 2.05) is 30.1 Å². The first-order chi connectivity index (χ1) is 11.7. The Balaban J connectivity index is 2.25. The molecule has 0 saturated heterocycles. The van der Waals surface area contributed by atoms with Crippen molar-refractivity contribution >= 4 is 43.5 Å². The molecule has 6 heteroatoms. The van der Waals surface area contributed by atoms with E-state index in [9.17, 15) is 0 Å². The van der Waals surface area contributed by atoms with Gasteiger partial charge in [-0.05, 0) is 35.4 Å². The van der Waals surface area contributed by atoms with Crippen molar-refractivity contribution in [1.29, 1.82) is 0 Å². The molecule has 0 fully saturated rings. The molecule has 0 aliphatic heterocycles. The van der Waals surface area contributed by atoms with Gasteiger partial charge < -0.3 is 9.47 Å². The van der Waals surface area contributed by atoms with Crippen LogP contribution in [-0.4, -0.2) is 37.2 Å². The van der Waals surface area contributed by atoms with Gasteiger partial charge in [-0.15, -0.1) is 0 Å². The van der Waals surface area contributed by atoms with E-state index >= 15 is 0 Å². The van der Waals surface area contributed by atoms with Crippen LogP contribution >= 0.6 is 11.9 Å². The average Bonchev–Trinajstić information content (AvgIpc) is 2.65. The van der Waals surface area contributed by atoms with Crippen LogP contribution in [0.3, 0.4) is 0 Å². The van der Waals surface area contributed by atoms with Crippen LogP contribution in [0.4, 0.5) is 0 Å². The lowest BCUT2D eigenvalue weighted by Gasteiger charge is -2.18. The van der Waals surface area contributed by atoms with Crippen molar-refractivity contribution in [3.05, 3.63) is 53.6 Å². The zero-order valence-corrected chi connectivity index (χ0v) is 18.4. The Morgan fingerprint density at radius 3 is 2.08 bits per heavy atom. The first-order valence-electron chi connectivity index (χ1n) is 8.13. The minimum atomic E-state index is -0.143. The number of methoxy groups -OCH3 is 2. The summed E-state index contributed by atoms with van der Waals surface area (Å²) in [5.74, 6) is 1.79. The molecule has 0 spiro atoms. The number of hydrogen-bond acceptors (Lipinski definition) is 4. The summed E-state index contributed by atoms with van der Waals surface area (Å²) in [6.45, 7) is 4.69. The molecule has 2 aromatic rings. The van der Waals surface area contributed by atoms with E-state index < -0.39 is 0 Å². The molecule has 0 aliphatic rings. The van der Waals surface area contributed by atoms with Crippen molar-refractivity contribution < 1.29 is 9.47 Å². The highest BCUT2D eigenvalue weighted by atomic mass is 32.2. The molecule has 0 unspecified atom stereocenters. The fraction of sp³-hybridized carbons (Fsp3) is 0.222. The monoisotopic (exact) mass is 375 g/mol. The van der Waals surface area contributed by atoms with Crippen molar-refractivity contribution in [2.45, 2.75) is 18.0 Å². The van der Waals surface area contributed by atoms with E-state index in [1.54, 1.807) is 14.2 Å². The summed E-state index contributed by atoms with van der Waals surface area (Å²) in [7, 11) is 3.12. The van der Waals surface area contributed by atoms with Gasteiger partial charge in [0.1, 0.15) is 11.5 Å². The molecule has 0 aliphatic carbocycles. The highest BCUT2D eigenvalue weighted by Gasteiger charge is 2.08. The lowest BCUT2D eigenvalue weighted by Crippen LogP contribution is -2.20. The molecule has 0 saturated carbocycles. The molecule has 128 valence electrons. The van der Waals surface area contributed by atoms with Gasteiger partial charge in [0.25, 0.3) is 0 Å². The molecule has 0 aromatic heterocycles. The van der Waals surface area contributed by atoms with Crippen molar-refractivity contribution in [1.82, 2.24) is 3.64 Å². The molecule has 2 rings (SSSR count). The van der Waals surface area contributed by atoms with E-state index in [2.05, 4.69) is 53.1 Å². The fourth-order valence-electron chi connectivity index (χ4n) is 2.25. The molecule has 24 heavy (non-hydrogen) atoms. The van der Waals surface area contributed by atoms with Gasteiger partial charge in [-0.3, -0.25) is 3.64 Å². The van der Waals surface area contributed by atoms with Crippen LogP contribution in [0.5, 0.6) is 11.5 Å². The Labute approximate surface area is 154 Å². The van der Waals surface area contributed by atoms with Crippen molar-refractivity contribution in [3.8, 4) is 11.5 Å². The van der Waals surface area contributed by atoms with Gasteiger partial charge >= 0.3 is 0 Å². The highest BCUT2D eigenvalue weighted by molar-refractivity contribution is 7.99. The predicted octanol–water partition coefficient (Wildman–Crippen LogP) is 3.45. The molecular weight excluding hydrogens is 350 g/mol. The number of benzene rings is 2. The van der Waals surface area contributed by atoms with Crippen molar-refractivity contribution in [2.75, 3.05) is 14.2 Å². The van der Waals surface area contributed by atoms with Gasteiger partial charge in [0.15, 0.2) is 0 Å². The highest BCUT2D eigenvalue weighted by Crippen LogP contribution is 2.30. The van der Waals surface area contributed by atoms with Gasteiger partial charge in [0, 0.05) is 4.90 Å². The van der Waals surface area contributed by atoms with E-state index in [1.165, 1.54) is 10.5 Å². The summed E-state index contributed by atoms with van der Waals surface area (Å²) in [5.41, 5.74) is 2.39. The Morgan fingerprint density at radius 2 is 1.50 bits per heavy atom. The predicted molar refractivity (Wildman–Crippen MR) is 111 cm³/mol. The third kappa shape index (κ3) is 5.27. The topological polar surface area (TPSA) is 21.7 Å².